The predicted molar refractivity (Wildman–Crippen MR) is 114 cm³/mol. The minimum Gasteiger partial charge on any atom is -0.465 e. The molecule has 3 rings (SSSR count). The van der Waals surface area contributed by atoms with Crippen LogP contribution in [0.15, 0.2) is 30.3 Å². The topological polar surface area (TPSA) is 73.2 Å². The monoisotopic (exact) mass is 487 g/mol. The van der Waals surface area contributed by atoms with Crippen LogP contribution < -0.4 is 5.32 Å². The maximum Gasteiger partial charge on any atom is 0.412 e. The molecule has 1 atom stereocenters. The van der Waals surface area contributed by atoms with Gasteiger partial charge in [0, 0.05) is 22.0 Å². The van der Waals surface area contributed by atoms with Gasteiger partial charge in [0.05, 0.1) is 18.4 Å². The summed E-state index contributed by atoms with van der Waals surface area (Å²) in [5, 5.41) is 2.45. The number of rotatable bonds is 5. The van der Waals surface area contributed by atoms with Gasteiger partial charge in [-0.25, -0.2) is 9.78 Å². The second-order valence-corrected chi connectivity index (χ2v) is 7.82. The maximum atomic E-state index is 13.8. The number of carbonyl (C=O) groups is 2. The van der Waals surface area contributed by atoms with Crippen LogP contribution in [0.3, 0.4) is 0 Å². The predicted octanol–water partition coefficient (Wildman–Crippen LogP) is 5.49. The highest BCUT2D eigenvalue weighted by atomic mass is 35.5. The highest BCUT2D eigenvalue weighted by Gasteiger charge is 2.42. The number of ether oxygens (including phenoxy) is 1. The van der Waals surface area contributed by atoms with Gasteiger partial charge < -0.3 is 14.6 Å². The molecule has 6 nitrogen and oxygen atoms in total. The van der Waals surface area contributed by atoms with Crippen molar-refractivity contribution in [1.29, 1.82) is 0 Å². The lowest BCUT2D eigenvalue weighted by Gasteiger charge is -2.23. The number of hydrogen-bond acceptors (Lipinski definition) is 4. The Bertz CT molecular complexity index is 1190. The molecule has 32 heavy (non-hydrogen) atoms. The Balaban J connectivity index is 2.06. The van der Waals surface area contributed by atoms with Crippen molar-refractivity contribution < 1.29 is 27.5 Å². The lowest BCUT2D eigenvalue weighted by Crippen LogP contribution is -2.38. The first-order chi connectivity index (χ1) is 15.0. The number of nitrogens with one attached hydrogen (secondary N) is 1. The number of hydrogen-bond donors (Lipinski definition) is 1. The number of methoxy groups -OCH3 is 1. The smallest absolute Gasteiger partial charge is 0.412 e. The number of pyridine rings is 1. The van der Waals surface area contributed by atoms with Crippen LogP contribution in [0.4, 0.5) is 13.2 Å². The molecule has 0 spiro atoms. The Morgan fingerprint density at radius 1 is 1.16 bits per heavy atom. The Kier molecular flexibility index (Phi) is 6.71. The normalized spacial score (nSPS) is 12.6. The zero-order chi connectivity index (χ0) is 23.8. The average molecular weight is 488 g/mol. The van der Waals surface area contributed by atoms with E-state index in [1.807, 2.05) is 5.32 Å². The number of alkyl halides is 3. The lowest BCUT2D eigenvalue weighted by atomic mass is 10.1. The minimum absolute atomic E-state index is 0.00804. The molecule has 0 aliphatic rings. The summed E-state index contributed by atoms with van der Waals surface area (Å²) >= 11 is 11.7. The van der Waals surface area contributed by atoms with Crippen molar-refractivity contribution in [2.75, 3.05) is 7.11 Å². The highest BCUT2D eigenvalue weighted by Crippen LogP contribution is 2.35. The number of carbonyl (C=O) groups excluding carboxylic acids is 2. The van der Waals surface area contributed by atoms with Gasteiger partial charge in [0.15, 0.2) is 6.04 Å². The van der Waals surface area contributed by atoms with Crippen LogP contribution in [0.25, 0.3) is 11.0 Å². The van der Waals surface area contributed by atoms with Gasteiger partial charge in [-0.3, -0.25) is 4.79 Å². The first-order valence-electron chi connectivity index (χ1n) is 9.39. The van der Waals surface area contributed by atoms with Gasteiger partial charge in [-0.1, -0.05) is 23.2 Å². The van der Waals surface area contributed by atoms with Crippen molar-refractivity contribution in [2.24, 2.45) is 0 Å². The Morgan fingerprint density at radius 2 is 1.78 bits per heavy atom. The van der Waals surface area contributed by atoms with Gasteiger partial charge in [0.2, 0.25) is 0 Å². The van der Waals surface area contributed by atoms with E-state index in [1.165, 1.54) is 29.9 Å². The van der Waals surface area contributed by atoms with Gasteiger partial charge in [-0.05, 0) is 49.7 Å². The molecule has 2 aromatic heterocycles. The van der Waals surface area contributed by atoms with Crippen molar-refractivity contribution in [3.63, 3.8) is 0 Å². The number of aryl methyl sites for hydroxylation is 2. The molecule has 0 radical (unpaired) electrons. The van der Waals surface area contributed by atoms with Crippen molar-refractivity contribution in [3.8, 4) is 0 Å². The van der Waals surface area contributed by atoms with Crippen LogP contribution in [-0.2, 0) is 11.3 Å². The summed E-state index contributed by atoms with van der Waals surface area (Å²) in [6.07, 6.45) is -4.81. The summed E-state index contributed by atoms with van der Waals surface area (Å²) in [5.74, 6) is -1.58. The third-order valence-electron chi connectivity index (χ3n) is 4.84. The third-order valence-corrected chi connectivity index (χ3v) is 5.27. The molecule has 1 amide bonds. The molecule has 0 bridgehead atoms. The van der Waals surface area contributed by atoms with Gasteiger partial charge >= 0.3 is 12.1 Å². The van der Waals surface area contributed by atoms with E-state index in [1.54, 1.807) is 13.8 Å². The quantitative estimate of drug-likeness (QED) is 0.482. The molecule has 3 aromatic rings. The molecule has 0 fully saturated rings. The van der Waals surface area contributed by atoms with E-state index in [9.17, 15) is 22.8 Å². The molecular formula is C21H18Cl2F3N3O3. The number of nitrogens with zero attached hydrogens (tertiary/aromatic N) is 2. The van der Waals surface area contributed by atoms with Gasteiger partial charge in [-0.15, -0.1) is 0 Å². The Morgan fingerprint density at radius 3 is 2.31 bits per heavy atom. The van der Waals surface area contributed by atoms with E-state index in [0.29, 0.717) is 16.7 Å². The SMILES string of the molecule is CCn1c(C(=O)NC(c2cc(Cl)cc(Cl)c2)C(F)(F)F)cc2cc(C(=O)OC)c(C)nc21. The van der Waals surface area contributed by atoms with E-state index in [0.717, 1.165) is 12.1 Å². The fourth-order valence-corrected chi connectivity index (χ4v) is 3.94. The second-order valence-electron chi connectivity index (χ2n) is 6.95. The Labute approximate surface area is 191 Å². The molecule has 0 aliphatic carbocycles. The van der Waals surface area contributed by atoms with Crippen molar-refractivity contribution >= 4 is 46.1 Å². The minimum atomic E-state index is -4.81. The first kappa shape index (κ1) is 23.9. The standard InChI is InChI=1S/C21H18Cl2F3N3O3/c1-4-29-16(8-12-7-15(20(31)32-3)10(2)27-18(12)29)19(30)28-17(21(24,25)26)11-5-13(22)9-14(23)6-11/h5-9,17H,4H2,1-3H3,(H,28,30). The zero-order valence-corrected chi connectivity index (χ0v) is 18.7. The average Bonchev–Trinajstić information content (AvgIpc) is 3.06. The summed E-state index contributed by atoms with van der Waals surface area (Å²) in [7, 11) is 1.22. The number of aromatic nitrogens is 2. The van der Waals surface area contributed by atoms with E-state index in [4.69, 9.17) is 27.9 Å². The molecular weight excluding hydrogens is 470 g/mol. The molecule has 0 saturated heterocycles. The third kappa shape index (κ3) is 4.68. The fraction of sp³-hybridized carbons (Fsp3) is 0.286. The van der Waals surface area contributed by atoms with Crippen LogP contribution in [0.1, 0.15) is 45.1 Å². The molecule has 11 heteroatoms. The lowest BCUT2D eigenvalue weighted by molar-refractivity contribution is -0.155. The van der Waals surface area contributed by atoms with Crippen molar-refractivity contribution in [3.05, 3.63) is 62.9 Å². The van der Waals surface area contributed by atoms with Crippen LogP contribution in [0.5, 0.6) is 0 Å². The fourth-order valence-electron chi connectivity index (χ4n) is 3.40. The summed E-state index contributed by atoms with van der Waals surface area (Å²) < 4.78 is 47.6. The Hall–Kier alpha value is -2.78. The molecule has 2 heterocycles. The molecule has 0 aliphatic heterocycles. The van der Waals surface area contributed by atoms with E-state index in [2.05, 4.69) is 4.98 Å². The molecule has 170 valence electrons. The maximum absolute atomic E-state index is 13.8. The van der Waals surface area contributed by atoms with E-state index < -0.39 is 24.1 Å². The number of esters is 1. The van der Waals surface area contributed by atoms with Crippen molar-refractivity contribution in [2.45, 2.75) is 32.6 Å². The second kappa shape index (κ2) is 8.99. The molecule has 1 unspecified atom stereocenters. The number of benzene rings is 1. The number of fused-ring (bicyclic) bond motifs is 1. The first-order valence-corrected chi connectivity index (χ1v) is 10.1. The number of halogens is 5. The highest BCUT2D eigenvalue weighted by molar-refractivity contribution is 6.34. The van der Waals surface area contributed by atoms with Gasteiger partial charge in [0.25, 0.3) is 5.91 Å². The zero-order valence-electron chi connectivity index (χ0n) is 17.2. The van der Waals surface area contributed by atoms with Crippen molar-refractivity contribution in [1.82, 2.24) is 14.9 Å². The van der Waals surface area contributed by atoms with E-state index in [-0.39, 0.29) is 33.4 Å². The van der Waals surface area contributed by atoms with Gasteiger partial charge in [0.1, 0.15) is 11.3 Å². The summed E-state index contributed by atoms with van der Waals surface area (Å²) in [5.41, 5.74) is 0.577. The summed E-state index contributed by atoms with van der Waals surface area (Å²) in [6, 6.07) is 4.01. The molecule has 0 saturated carbocycles. The van der Waals surface area contributed by atoms with Gasteiger partial charge in [-0.2, -0.15) is 13.2 Å². The van der Waals surface area contributed by atoms with Crippen LogP contribution in [0, 0.1) is 6.92 Å². The summed E-state index contributed by atoms with van der Waals surface area (Å²) in [4.78, 5) is 29.2. The van der Waals surface area contributed by atoms with Crippen LogP contribution >= 0.6 is 23.2 Å². The largest absolute Gasteiger partial charge is 0.465 e. The summed E-state index contributed by atoms with van der Waals surface area (Å²) in [6.45, 7) is 3.58. The van der Waals surface area contributed by atoms with E-state index >= 15 is 0 Å². The van der Waals surface area contributed by atoms with Crippen LogP contribution in [-0.4, -0.2) is 34.7 Å². The number of amides is 1. The molecule has 1 N–H and O–H groups in total. The van der Waals surface area contributed by atoms with Crippen LogP contribution in [0.2, 0.25) is 10.0 Å². The molecule has 1 aromatic carbocycles.